The zero-order valence-corrected chi connectivity index (χ0v) is 30.5. The molecule has 0 amide bonds. The molecule has 4 nitrogen and oxygen atoms in total. The number of hydrogen-bond acceptors (Lipinski definition) is 3. The van der Waals surface area contributed by atoms with Crippen LogP contribution in [0.15, 0.2) is 122 Å². The minimum absolute atomic E-state index is 0.0570. The smallest absolute Gasteiger partial charge is 0.129 e. The van der Waals surface area contributed by atoms with Crippen LogP contribution in [0.5, 0.6) is 11.5 Å². The van der Waals surface area contributed by atoms with Crippen molar-refractivity contribution in [2.24, 2.45) is 0 Å². The molecule has 6 aromatic rings. The third kappa shape index (κ3) is 6.45. The highest BCUT2D eigenvalue weighted by Gasteiger charge is 2.24. The van der Waals surface area contributed by atoms with Gasteiger partial charge in [0.15, 0.2) is 0 Å². The molecular formula is C45H49N3O. The Bertz CT molecular complexity index is 2170. The monoisotopic (exact) mass is 647 g/mol. The van der Waals surface area contributed by atoms with Gasteiger partial charge in [-0.1, -0.05) is 105 Å². The lowest BCUT2D eigenvalue weighted by atomic mass is 9.80. The molecule has 0 aliphatic carbocycles. The van der Waals surface area contributed by atoms with Crippen molar-refractivity contribution in [1.29, 1.82) is 0 Å². The quantitative estimate of drug-likeness (QED) is 0.186. The molecular weight excluding hydrogens is 599 g/mol. The molecule has 49 heavy (non-hydrogen) atoms. The Morgan fingerprint density at radius 3 is 1.71 bits per heavy atom. The predicted molar refractivity (Wildman–Crippen MR) is 209 cm³/mol. The Hall–Kier alpha value is -4.96. The van der Waals surface area contributed by atoms with Gasteiger partial charge in [-0.3, -0.25) is 0 Å². The van der Waals surface area contributed by atoms with Gasteiger partial charge in [-0.05, 0) is 87.5 Å². The molecule has 0 spiro atoms. The van der Waals surface area contributed by atoms with Crippen LogP contribution in [0.2, 0.25) is 0 Å². The maximum atomic E-state index is 6.59. The SMILES string of the molecule is CC(C)(C)c1cccc(-n2c3ccccc3c3ccc(Oc4cccc(N5C=CN(c6cc(C(C)(C)C)cc(C(C)(C)C)c6)C5)c4)cc32)c1. The van der Waals surface area contributed by atoms with E-state index in [-0.39, 0.29) is 16.2 Å². The molecule has 1 aliphatic rings. The largest absolute Gasteiger partial charge is 0.457 e. The van der Waals surface area contributed by atoms with Crippen LogP contribution in [0.3, 0.4) is 0 Å². The summed E-state index contributed by atoms with van der Waals surface area (Å²) < 4.78 is 8.96. The summed E-state index contributed by atoms with van der Waals surface area (Å²) in [6.45, 7) is 21.3. The summed E-state index contributed by atoms with van der Waals surface area (Å²) in [5.74, 6) is 1.62. The van der Waals surface area contributed by atoms with E-state index in [1.807, 2.05) is 6.07 Å². The first-order valence-corrected chi connectivity index (χ1v) is 17.4. The van der Waals surface area contributed by atoms with Crippen LogP contribution in [-0.4, -0.2) is 11.2 Å². The van der Waals surface area contributed by atoms with E-state index in [0.29, 0.717) is 0 Å². The fourth-order valence-electron chi connectivity index (χ4n) is 6.66. The summed E-state index contributed by atoms with van der Waals surface area (Å²) in [5, 5.41) is 2.45. The van der Waals surface area contributed by atoms with E-state index < -0.39 is 0 Å². The highest BCUT2D eigenvalue weighted by Crippen LogP contribution is 2.38. The van der Waals surface area contributed by atoms with Gasteiger partial charge in [-0.25, -0.2) is 0 Å². The van der Waals surface area contributed by atoms with E-state index in [0.717, 1.165) is 35.1 Å². The first-order chi connectivity index (χ1) is 23.1. The summed E-state index contributed by atoms with van der Waals surface area (Å²) in [4.78, 5) is 4.61. The average molecular weight is 648 g/mol. The van der Waals surface area contributed by atoms with Gasteiger partial charge in [-0.2, -0.15) is 0 Å². The van der Waals surface area contributed by atoms with Crippen LogP contribution in [0.25, 0.3) is 27.5 Å². The van der Waals surface area contributed by atoms with Crippen LogP contribution in [-0.2, 0) is 16.2 Å². The third-order valence-electron chi connectivity index (χ3n) is 9.71. The van der Waals surface area contributed by atoms with E-state index >= 15 is 0 Å². The molecule has 0 saturated carbocycles. The Morgan fingerprint density at radius 1 is 0.449 bits per heavy atom. The second-order valence-corrected chi connectivity index (χ2v) is 16.6. The summed E-state index contributed by atoms with van der Waals surface area (Å²) in [6, 6.07) is 39.5. The second-order valence-electron chi connectivity index (χ2n) is 16.6. The number of aromatic nitrogens is 1. The Morgan fingerprint density at radius 2 is 1.02 bits per heavy atom. The maximum Gasteiger partial charge on any atom is 0.129 e. The number of hydrogen-bond donors (Lipinski definition) is 0. The Balaban J connectivity index is 1.18. The van der Waals surface area contributed by atoms with Crippen molar-refractivity contribution in [1.82, 2.24) is 4.57 Å². The summed E-state index contributed by atoms with van der Waals surface area (Å²) in [7, 11) is 0. The molecule has 4 heteroatoms. The highest BCUT2D eigenvalue weighted by atomic mass is 16.5. The van der Waals surface area contributed by atoms with E-state index in [1.165, 1.54) is 38.7 Å². The van der Waals surface area contributed by atoms with Crippen molar-refractivity contribution >= 4 is 33.2 Å². The topological polar surface area (TPSA) is 20.6 Å². The number of ether oxygens (including phenoxy) is 1. The van der Waals surface area contributed by atoms with Crippen molar-refractivity contribution < 1.29 is 4.74 Å². The van der Waals surface area contributed by atoms with Crippen LogP contribution in [0.1, 0.15) is 79.0 Å². The van der Waals surface area contributed by atoms with Gasteiger partial charge in [0.2, 0.25) is 0 Å². The zero-order chi connectivity index (χ0) is 34.7. The summed E-state index contributed by atoms with van der Waals surface area (Å²) >= 11 is 0. The van der Waals surface area contributed by atoms with E-state index in [2.05, 4.69) is 192 Å². The Kier molecular flexibility index (Phi) is 7.89. The maximum absolute atomic E-state index is 6.59. The first kappa shape index (κ1) is 32.6. The van der Waals surface area contributed by atoms with Crippen molar-refractivity contribution in [2.45, 2.75) is 78.6 Å². The minimum Gasteiger partial charge on any atom is -0.457 e. The summed E-state index contributed by atoms with van der Waals surface area (Å²) in [6.07, 6.45) is 4.35. The first-order valence-electron chi connectivity index (χ1n) is 17.4. The number of benzene rings is 5. The van der Waals surface area contributed by atoms with Crippen molar-refractivity contribution in [3.63, 3.8) is 0 Å². The second kappa shape index (κ2) is 11.9. The minimum atomic E-state index is 0.0570. The lowest BCUT2D eigenvalue weighted by Crippen LogP contribution is -2.26. The van der Waals surface area contributed by atoms with Gasteiger partial charge < -0.3 is 19.1 Å². The molecule has 1 aliphatic heterocycles. The highest BCUT2D eigenvalue weighted by molar-refractivity contribution is 6.09. The van der Waals surface area contributed by atoms with Crippen LogP contribution >= 0.6 is 0 Å². The van der Waals surface area contributed by atoms with E-state index in [4.69, 9.17) is 4.74 Å². The van der Waals surface area contributed by atoms with Gasteiger partial charge in [-0.15, -0.1) is 0 Å². The Labute approximate surface area is 292 Å². The van der Waals surface area contributed by atoms with E-state index in [1.54, 1.807) is 0 Å². The van der Waals surface area contributed by atoms with Gasteiger partial charge >= 0.3 is 0 Å². The standard InChI is InChI=1S/C45H49N3O/c1-43(2,3)31-14-12-16-35(25-31)48-41-19-11-10-18-39(41)40-21-20-38(29-42(40)48)49-37-17-13-15-34(28-37)46-22-23-47(30-46)36-26-32(44(4,5)6)24-33(27-36)45(7,8)9/h10-29H,30H2,1-9H3. The number of rotatable bonds is 5. The number of anilines is 2. The van der Waals surface area contributed by atoms with Gasteiger partial charge in [0.25, 0.3) is 0 Å². The van der Waals surface area contributed by atoms with Crippen molar-refractivity contribution in [3.8, 4) is 17.2 Å². The molecule has 0 fully saturated rings. The molecule has 0 N–H and O–H groups in total. The lowest BCUT2D eigenvalue weighted by molar-refractivity contribution is 0.483. The molecule has 1 aromatic heterocycles. The number of fused-ring (bicyclic) bond motifs is 3. The molecule has 250 valence electrons. The van der Waals surface area contributed by atoms with Gasteiger partial charge in [0, 0.05) is 52.4 Å². The van der Waals surface area contributed by atoms with Crippen molar-refractivity contribution in [2.75, 3.05) is 16.5 Å². The van der Waals surface area contributed by atoms with Gasteiger partial charge in [0.1, 0.15) is 11.5 Å². The fraction of sp³-hybridized carbons (Fsp3) is 0.289. The molecule has 0 saturated heterocycles. The molecule has 2 heterocycles. The molecule has 7 rings (SSSR count). The number of nitrogens with zero attached hydrogens (tertiary/aromatic N) is 3. The van der Waals surface area contributed by atoms with Crippen LogP contribution in [0.4, 0.5) is 11.4 Å². The van der Waals surface area contributed by atoms with E-state index in [9.17, 15) is 0 Å². The summed E-state index contributed by atoms with van der Waals surface area (Å²) in [5.41, 5.74) is 10.0. The number of para-hydroxylation sites is 1. The molecule has 0 radical (unpaired) electrons. The normalized spacial score (nSPS) is 14.0. The van der Waals surface area contributed by atoms with Crippen LogP contribution < -0.4 is 14.5 Å². The lowest BCUT2D eigenvalue weighted by Gasteiger charge is -2.29. The average Bonchev–Trinajstić information content (AvgIpc) is 3.67. The predicted octanol–water partition coefficient (Wildman–Crippen LogP) is 12.2. The van der Waals surface area contributed by atoms with Crippen molar-refractivity contribution in [3.05, 3.63) is 138 Å². The zero-order valence-electron chi connectivity index (χ0n) is 30.5. The molecule has 5 aromatic carbocycles. The molecule has 0 bridgehead atoms. The molecule has 0 atom stereocenters. The van der Waals surface area contributed by atoms with Gasteiger partial charge in [0.05, 0.1) is 17.7 Å². The van der Waals surface area contributed by atoms with Crippen LogP contribution in [0, 0.1) is 0 Å². The fourth-order valence-corrected chi connectivity index (χ4v) is 6.66. The molecule has 0 unspecified atom stereocenters. The third-order valence-corrected chi connectivity index (χ3v) is 9.71.